The van der Waals surface area contributed by atoms with Crippen molar-refractivity contribution in [3.63, 3.8) is 0 Å². The van der Waals surface area contributed by atoms with Gasteiger partial charge in [0.05, 0.1) is 11.9 Å². The van der Waals surface area contributed by atoms with Crippen LogP contribution < -0.4 is 5.73 Å². The molecule has 0 saturated carbocycles. The minimum absolute atomic E-state index is 0.0991. The number of nitrogens with zero attached hydrogens (tertiary/aromatic N) is 4. The molecule has 0 radical (unpaired) electrons. The van der Waals surface area contributed by atoms with Crippen molar-refractivity contribution in [1.82, 2.24) is 19.6 Å². The van der Waals surface area contributed by atoms with Crippen LogP contribution in [0.3, 0.4) is 0 Å². The molecule has 1 unspecified atom stereocenters. The Morgan fingerprint density at radius 1 is 1.24 bits per heavy atom. The second-order valence-electron chi connectivity index (χ2n) is 5.52. The van der Waals surface area contributed by atoms with Crippen molar-refractivity contribution in [2.45, 2.75) is 59.0 Å². The van der Waals surface area contributed by atoms with Crippen LogP contribution in [0.25, 0.3) is 0 Å². The molecule has 0 bridgehead atoms. The molecule has 0 spiro atoms. The number of aromatic nitrogens is 4. The molecule has 21 heavy (non-hydrogen) atoms. The van der Waals surface area contributed by atoms with E-state index in [-0.39, 0.29) is 6.04 Å². The molecule has 2 aromatic rings. The minimum atomic E-state index is 0.0991. The zero-order valence-corrected chi connectivity index (χ0v) is 13.6. The Morgan fingerprint density at radius 2 is 2.00 bits per heavy atom. The summed E-state index contributed by atoms with van der Waals surface area (Å²) in [7, 11) is 1.95. The zero-order chi connectivity index (χ0) is 15.4. The smallest absolute Gasteiger partial charge is 0.0672 e. The lowest BCUT2D eigenvalue weighted by atomic mass is 10.00. The Hall–Kier alpha value is -1.62. The molecule has 0 amide bonds. The molecule has 0 saturated heterocycles. The van der Waals surface area contributed by atoms with Crippen LogP contribution in [-0.4, -0.2) is 19.6 Å². The van der Waals surface area contributed by atoms with Crippen LogP contribution >= 0.6 is 0 Å². The fourth-order valence-electron chi connectivity index (χ4n) is 2.85. The minimum Gasteiger partial charge on any atom is -0.324 e. The molecular weight excluding hydrogens is 262 g/mol. The number of nitrogens with two attached hydrogens (primary N) is 1. The predicted octanol–water partition coefficient (Wildman–Crippen LogP) is 2.39. The third kappa shape index (κ3) is 3.35. The molecule has 1 atom stereocenters. The summed E-state index contributed by atoms with van der Waals surface area (Å²) in [5, 5.41) is 9.02. The second-order valence-corrected chi connectivity index (χ2v) is 5.52. The largest absolute Gasteiger partial charge is 0.324 e. The first-order valence-corrected chi connectivity index (χ1v) is 7.92. The molecule has 5 heteroatoms. The lowest BCUT2D eigenvalue weighted by Gasteiger charge is -2.12. The van der Waals surface area contributed by atoms with E-state index in [0.717, 1.165) is 37.9 Å². The Balaban J connectivity index is 2.24. The third-order valence-electron chi connectivity index (χ3n) is 4.03. The fraction of sp³-hybridized carbons (Fsp3) is 0.625. The van der Waals surface area contributed by atoms with Crippen molar-refractivity contribution >= 4 is 0 Å². The van der Waals surface area contributed by atoms with E-state index in [9.17, 15) is 0 Å². The normalized spacial score (nSPS) is 12.8. The SMILES string of the molecule is CCc1nn(CCc2cnn(C)c2)c(CC)c1C(N)CC. The Bertz CT molecular complexity index is 582. The van der Waals surface area contributed by atoms with Crippen molar-refractivity contribution in [2.75, 3.05) is 0 Å². The molecule has 0 aliphatic rings. The van der Waals surface area contributed by atoms with E-state index in [1.165, 1.54) is 16.8 Å². The summed E-state index contributed by atoms with van der Waals surface area (Å²) in [4.78, 5) is 0. The molecule has 0 aliphatic heterocycles. The number of hydrogen-bond acceptors (Lipinski definition) is 3. The molecule has 0 aromatic carbocycles. The van der Waals surface area contributed by atoms with Gasteiger partial charge in [0.1, 0.15) is 0 Å². The molecule has 0 aliphatic carbocycles. The van der Waals surface area contributed by atoms with Gasteiger partial charge in [-0.05, 0) is 31.2 Å². The van der Waals surface area contributed by atoms with E-state index in [2.05, 4.69) is 36.7 Å². The summed E-state index contributed by atoms with van der Waals surface area (Å²) in [6, 6.07) is 0.0991. The van der Waals surface area contributed by atoms with Crippen LogP contribution in [-0.2, 0) is 32.9 Å². The van der Waals surface area contributed by atoms with E-state index in [4.69, 9.17) is 10.8 Å². The predicted molar refractivity (Wildman–Crippen MR) is 85.1 cm³/mol. The highest BCUT2D eigenvalue weighted by molar-refractivity contribution is 5.30. The molecule has 2 heterocycles. The zero-order valence-electron chi connectivity index (χ0n) is 13.6. The Labute approximate surface area is 127 Å². The van der Waals surface area contributed by atoms with Crippen LogP contribution in [0, 0.1) is 0 Å². The molecular formula is C16H27N5. The van der Waals surface area contributed by atoms with Gasteiger partial charge in [-0.2, -0.15) is 10.2 Å². The second kappa shape index (κ2) is 6.89. The van der Waals surface area contributed by atoms with Crippen molar-refractivity contribution in [1.29, 1.82) is 0 Å². The summed E-state index contributed by atoms with van der Waals surface area (Å²) in [5.74, 6) is 0. The first kappa shape index (κ1) is 15.8. The van der Waals surface area contributed by atoms with E-state index in [1.54, 1.807) is 0 Å². The standard InChI is InChI=1S/C16H27N5/c1-5-13(17)16-14(6-2)19-21(15(16)7-3)9-8-12-10-18-20(4)11-12/h10-11,13H,5-9,17H2,1-4H3. The van der Waals surface area contributed by atoms with Crippen LogP contribution in [0.15, 0.2) is 12.4 Å². The third-order valence-corrected chi connectivity index (χ3v) is 4.03. The summed E-state index contributed by atoms with van der Waals surface area (Å²) in [6.45, 7) is 7.36. The van der Waals surface area contributed by atoms with Crippen molar-refractivity contribution < 1.29 is 0 Å². The van der Waals surface area contributed by atoms with Crippen molar-refractivity contribution in [2.24, 2.45) is 12.8 Å². The van der Waals surface area contributed by atoms with E-state index >= 15 is 0 Å². The highest BCUT2D eigenvalue weighted by atomic mass is 15.3. The van der Waals surface area contributed by atoms with Gasteiger partial charge in [-0.3, -0.25) is 9.36 Å². The number of rotatable bonds is 7. The van der Waals surface area contributed by atoms with Gasteiger partial charge in [-0.1, -0.05) is 20.8 Å². The molecule has 2 rings (SSSR count). The molecule has 116 valence electrons. The van der Waals surface area contributed by atoms with Crippen molar-refractivity contribution in [3.8, 4) is 0 Å². The average Bonchev–Trinajstić information content (AvgIpc) is 3.06. The highest BCUT2D eigenvalue weighted by Crippen LogP contribution is 2.24. The molecule has 0 fully saturated rings. The Kier molecular flexibility index (Phi) is 5.17. The van der Waals surface area contributed by atoms with Crippen LogP contribution in [0.5, 0.6) is 0 Å². The van der Waals surface area contributed by atoms with Gasteiger partial charge in [0.15, 0.2) is 0 Å². The van der Waals surface area contributed by atoms with Gasteiger partial charge in [-0.25, -0.2) is 0 Å². The quantitative estimate of drug-likeness (QED) is 0.851. The number of hydrogen-bond donors (Lipinski definition) is 1. The first-order chi connectivity index (χ1) is 10.1. The van der Waals surface area contributed by atoms with Gasteiger partial charge in [0, 0.05) is 37.1 Å². The first-order valence-electron chi connectivity index (χ1n) is 7.92. The summed E-state index contributed by atoms with van der Waals surface area (Å²) >= 11 is 0. The van der Waals surface area contributed by atoms with Gasteiger partial charge in [0.25, 0.3) is 0 Å². The van der Waals surface area contributed by atoms with E-state index < -0.39 is 0 Å². The summed E-state index contributed by atoms with van der Waals surface area (Å²) < 4.78 is 3.99. The Morgan fingerprint density at radius 3 is 2.52 bits per heavy atom. The van der Waals surface area contributed by atoms with Gasteiger partial charge < -0.3 is 5.73 Å². The van der Waals surface area contributed by atoms with E-state index in [0.29, 0.717) is 0 Å². The molecule has 2 aromatic heterocycles. The lowest BCUT2D eigenvalue weighted by Crippen LogP contribution is -2.13. The fourth-order valence-corrected chi connectivity index (χ4v) is 2.85. The maximum absolute atomic E-state index is 6.30. The lowest BCUT2D eigenvalue weighted by molar-refractivity contribution is 0.577. The van der Waals surface area contributed by atoms with Gasteiger partial charge >= 0.3 is 0 Å². The number of aryl methyl sites for hydroxylation is 4. The van der Waals surface area contributed by atoms with Crippen LogP contribution in [0.2, 0.25) is 0 Å². The highest BCUT2D eigenvalue weighted by Gasteiger charge is 2.19. The van der Waals surface area contributed by atoms with Crippen LogP contribution in [0.4, 0.5) is 0 Å². The van der Waals surface area contributed by atoms with Gasteiger partial charge in [-0.15, -0.1) is 0 Å². The summed E-state index contributed by atoms with van der Waals surface area (Å²) in [5.41, 5.74) is 11.3. The van der Waals surface area contributed by atoms with E-state index in [1.807, 2.05) is 17.9 Å². The summed E-state index contributed by atoms with van der Waals surface area (Å²) in [6.07, 6.45) is 7.81. The molecule has 5 nitrogen and oxygen atoms in total. The van der Waals surface area contributed by atoms with Gasteiger partial charge in [0.2, 0.25) is 0 Å². The maximum atomic E-state index is 6.30. The van der Waals surface area contributed by atoms with Crippen LogP contribution in [0.1, 0.15) is 55.7 Å². The maximum Gasteiger partial charge on any atom is 0.0672 e. The monoisotopic (exact) mass is 289 g/mol. The topological polar surface area (TPSA) is 61.7 Å². The molecule has 2 N–H and O–H groups in total. The average molecular weight is 289 g/mol. The van der Waals surface area contributed by atoms with Crippen molar-refractivity contribution in [3.05, 3.63) is 34.9 Å².